The van der Waals surface area contributed by atoms with E-state index in [1.165, 1.54) is 36.3 Å². The normalized spacial score (nSPS) is 16.4. The van der Waals surface area contributed by atoms with Gasteiger partial charge in [0.05, 0.1) is 0 Å². The Bertz CT molecular complexity index is 1160. The van der Waals surface area contributed by atoms with Gasteiger partial charge in [0.1, 0.15) is 0 Å². The van der Waals surface area contributed by atoms with E-state index in [0.717, 1.165) is 6.42 Å². The Morgan fingerprint density at radius 3 is 2.58 bits per heavy atom. The van der Waals surface area contributed by atoms with Crippen LogP contribution in [0, 0.1) is 0 Å². The summed E-state index contributed by atoms with van der Waals surface area (Å²) in [5.74, 6) is 0. The molecular formula is C22H17NS. The summed E-state index contributed by atoms with van der Waals surface area (Å²) in [6.45, 7) is 0. The molecule has 1 heterocycles. The summed E-state index contributed by atoms with van der Waals surface area (Å²) >= 11 is 1.92. The fourth-order valence-corrected chi connectivity index (χ4v) is 4.88. The Morgan fingerprint density at radius 2 is 1.67 bits per heavy atom. The van der Waals surface area contributed by atoms with Gasteiger partial charge in [0.15, 0.2) is 0 Å². The zero-order chi connectivity index (χ0) is 15.9. The molecule has 0 fully saturated rings. The smallest absolute Gasteiger partial charge is 0.0495 e. The second-order valence-electron chi connectivity index (χ2n) is 6.27. The first-order chi connectivity index (χ1) is 11.9. The van der Waals surface area contributed by atoms with Crippen molar-refractivity contribution in [3.05, 3.63) is 76.5 Å². The van der Waals surface area contributed by atoms with E-state index in [2.05, 4.69) is 84.2 Å². The van der Waals surface area contributed by atoms with Gasteiger partial charge in [0.25, 0.3) is 0 Å². The molecule has 1 nitrogen and oxygen atoms in total. The highest BCUT2D eigenvalue weighted by Crippen LogP contribution is 2.26. The number of fused-ring (bicyclic) bond motifs is 5. The van der Waals surface area contributed by atoms with Crippen LogP contribution in [-0.2, 0) is 0 Å². The monoisotopic (exact) mass is 327 g/mol. The SMILES string of the molecule is C1=c2sc3c(ccc4ccccc43)c2=CCC1Nc1ccccc1. The first kappa shape index (κ1) is 13.8. The molecule has 0 radical (unpaired) electrons. The summed E-state index contributed by atoms with van der Waals surface area (Å²) in [6, 6.07) is 24.0. The highest BCUT2D eigenvalue weighted by molar-refractivity contribution is 7.18. The lowest BCUT2D eigenvalue weighted by molar-refractivity contribution is 0.955. The Labute approximate surface area is 144 Å². The molecule has 1 aliphatic carbocycles. The maximum Gasteiger partial charge on any atom is 0.0495 e. The first-order valence-electron chi connectivity index (χ1n) is 8.32. The zero-order valence-electron chi connectivity index (χ0n) is 13.2. The lowest BCUT2D eigenvalue weighted by Crippen LogP contribution is -2.30. The van der Waals surface area contributed by atoms with Crippen LogP contribution in [0.3, 0.4) is 0 Å². The van der Waals surface area contributed by atoms with Crippen molar-refractivity contribution in [3.63, 3.8) is 0 Å². The second-order valence-corrected chi connectivity index (χ2v) is 7.32. The third-order valence-corrected chi connectivity index (χ3v) is 5.92. The number of rotatable bonds is 2. The van der Waals surface area contributed by atoms with Crippen LogP contribution in [0.5, 0.6) is 0 Å². The van der Waals surface area contributed by atoms with E-state index >= 15 is 0 Å². The number of hydrogen-bond donors (Lipinski definition) is 1. The van der Waals surface area contributed by atoms with Crippen molar-refractivity contribution >= 4 is 50.0 Å². The van der Waals surface area contributed by atoms with Crippen LogP contribution < -0.4 is 15.1 Å². The molecule has 3 aromatic carbocycles. The van der Waals surface area contributed by atoms with Gasteiger partial charge in [-0.3, -0.25) is 0 Å². The van der Waals surface area contributed by atoms with Gasteiger partial charge < -0.3 is 5.32 Å². The zero-order valence-corrected chi connectivity index (χ0v) is 14.0. The van der Waals surface area contributed by atoms with Gasteiger partial charge in [-0.05, 0) is 40.6 Å². The lowest BCUT2D eigenvalue weighted by Gasteiger charge is -2.16. The van der Waals surface area contributed by atoms with Crippen LogP contribution in [0.15, 0.2) is 66.7 Å². The minimum absolute atomic E-state index is 0.360. The maximum absolute atomic E-state index is 3.62. The van der Waals surface area contributed by atoms with E-state index in [9.17, 15) is 0 Å². The number of thiophene rings is 1. The van der Waals surface area contributed by atoms with E-state index in [1.807, 2.05) is 11.3 Å². The quantitative estimate of drug-likeness (QED) is 0.571. The number of para-hydroxylation sites is 1. The number of hydrogen-bond acceptors (Lipinski definition) is 2. The van der Waals surface area contributed by atoms with E-state index < -0.39 is 0 Å². The molecule has 4 aromatic rings. The summed E-state index contributed by atoms with van der Waals surface area (Å²) in [7, 11) is 0. The van der Waals surface area contributed by atoms with Crippen molar-refractivity contribution in [2.24, 2.45) is 0 Å². The molecule has 2 heteroatoms. The van der Waals surface area contributed by atoms with Crippen molar-refractivity contribution in [2.75, 3.05) is 5.32 Å². The topological polar surface area (TPSA) is 12.0 Å². The van der Waals surface area contributed by atoms with E-state index in [1.54, 1.807) is 0 Å². The average molecular weight is 327 g/mol. The molecule has 0 aliphatic heterocycles. The molecule has 0 saturated heterocycles. The molecule has 1 unspecified atom stereocenters. The highest BCUT2D eigenvalue weighted by Gasteiger charge is 2.12. The Hall–Kier alpha value is -2.58. The van der Waals surface area contributed by atoms with E-state index in [-0.39, 0.29) is 0 Å². The van der Waals surface area contributed by atoms with Crippen LogP contribution in [0.2, 0.25) is 0 Å². The average Bonchev–Trinajstić information content (AvgIpc) is 3.01. The molecule has 0 saturated carbocycles. The van der Waals surface area contributed by atoms with Gasteiger partial charge in [-0.2, -0.15) is 0 Å². The number of nitrogens with one attached hydrogen (secondary N) is 1. The Kier molecular flexibility index (Phi) is 3.17. The molecule has 24 heavy (non-hydrogen) atoms. The van der Waals surface area contributed by atoms with Gasteiger partial charge in [-0.1, -0.05) is 60.7 Å². The molecule has 0 bridgehead atoms. The predicted molar refractivity (Wildman–Crippen MR) is 106 cm³/mol. The standard InChI is InChI=1S/C22H17NS/c1-2-7-16(8-3-1)23-17-11-13-19-20-12-10-15-6-4-5-9-18(15)22(20)24-21(19)14-17/h1-10,12-14,17,23H,11H2. The minimum Gasteiger partial charge on any atom is -0.378 e. The van der Waals surface area contributed by atoms with Gasteiger partial charge in [0, 0.05) is 26.3 Å². The summed E-state index contributed by atoms with van der Waals surface area (Å²) in [5.41, 5.74) is 1.18. The summed E-state index contributed by atoms with van der Waals surface area (Å²) < 4.78 is 2.80. The molecule has 0 spiro atoms. The first-order valence-corrected chi connectivity index (χ1v) is 9.14. The van der Waals surface area contributed by atoms with Crippen molar-refractivity contribution in [3.8, 4) is 0 Å². The van der Waals surface area contributed by atoms with Crippen LogP contribution in [0.1, 0.15) is 6.42 Å². The lowest BCUT2D eigenvalue weighted by atomic mass is 10.0. The van der Waals surface area contributed by atoms with E-state index in [4.69, 9.17) is 0 Å². The van der Waals surface area contributed by atoms with Crippen LogP contribution in [0.4, 0.5) is 5.69 Å². The fraction of sp³-hybridized carbons (Fsp3) is 0.0909. The second kappa shape index (κ2) is 5.50. The fourth-order valence-electron chi connectivity index (χ4n) is 3.54. The molecule has 5 rings (SSSR count). The van der Waals surface area contributed by atoms with Crippen molar-refractivity contribution in [1.29, 1.82) is 0 Å². The predicted octanol–water partition coefficient (Wildman–Crippen LogP) is 4.50. The largest absolute Gasteiger partial charge is 0.378 e. The van der Waals surface area contributed by atoms with Crippen molar-refractivity contribution in [2.45, 2.75) is 12.5 Å². The van der Waals surface area contributed by atoms with Gasteiger partial charge in [-0.25, -0.2) is 0 Å². The molecule has 1 N–H and O–H groups in total. The third-order valence-electron chi connectivity index (χ3n) is 4.70. The molecule has 116 valence electrons. The van der Waals surface area contributed by atoms with Crippen molar-refractivity contribution < 1.29 is 0 Å². The van der Waals surface area contributed by atoms with Gasteiger partial charge >= 0.3 is 0 Å². The molecule has 0 amide bonds. The van der Waals surface area contributed by atoms with Crippen LogP contribution in [0.25, 0.3) is 33.0 Å². The maximum atomic E-state index is 3.62. The Morgan fingerprint density at radius 1 is 0.833 bits per heavy atom. The minimum atomic E-state index is 0.360. The van der Waals surface area contributed by atoms with Gasteiger partial charge in [-0.15, -0.1) is 11.3 Å². The summed E-state index contributed by atoms with van der Waals surface area (Å²) in [4.78, 5) is 0. The van der Waals surface area contributed by atoms with Crippen LogP contribution >= 0.6 is 11.3 Å². The highest BCUT2D eigenvalue weighted by atomic mass is 32.1. The molecule has 1 atom stereocenters. The van der Waals surface area contributed by atoms with E-state index in [0.29, 0.717) is 6.04 Å². The Balaban J connectivity index is 1.65. The van der Waals surface area contributed by atoms with Gasteiger partial charge in [0.2, 0.25) is 0 Å². The summed E-state index contributed by atoms with van der Waals surface area (Å²) in [6.07, 6.45) is 5.81. The summed E-state index contributed by atoms with van der Waals surface area (Å²) in [5, 5.41) is 9.11. The van der Waals surface area contributed by atoms with Crippen molar-refractivity contribution in [1.82, 2.24) is 0 Å². The van der Waals surface area contributed by atoms with Crippen LogP contribution in [-0.4, -0.2) is 6.04 Å². The molecule has 1 aromatic heterocycles. The number of benzene rings is 3. The molecule has 1 aliphatic rings. The third kappa shape index (κ3) is 2.22. The molecular weight excluding hydrogens is 310 g/mol. The number of anilines is 1.